The molecule has 0 saturated carbocycles. The van der Waals surface area contributed by atoms with Crippen LogP contribution in [0.25, 0.3) is 0 Å². The molecule has 0 heterocycles. The molecule has 0 bridgehead atoms. The first-order chi connectivity index (χ1) is 8.29. The maximum Gasteiger partial charge on any atom is 0.260 e. The Hall–Kier alpha value is 1.18. The van der Waals surface area contributed by atoms with Crippen LogP contribution in [0, 0.1) is 0 Å². The largest absolute Gasteiger partial charge is 0.260 e. The van der Waals surface area contributed by atoms with E-state index in [0.29, 0.717) is 0 Å². The molecule has 0 saturated heterocycles. The summed E-state index contributed by atoms with van der Waals surface area (Å²) in [5, 5.41) is 4.97. The highest BCUT2D eigenvalue weighted by Crippen LogP contribution is 2.25. The van der Waals surface area contributed by atoms with Gasteiger partial charge in [0.05, 0.1) is 0 Å². The van der Waals surface area contributed by atoms with Gasteiger partial charge in [0.1, 0.15) is 0 Å². The van der Waals surface area contributed by atoms with Crippen LogP contribution in [-0.2, 0) is 0 Å². The Morgan fingerprint density at radius 3 is 0.842 bits per heavy atom. The fourth-order valence-electron chi connectivity index (χ4n) is 2.34. The molecule has 0 rings (SSSR count). The van der Waals surface area contributed by atoms with E-state index in [0.717, 1.165) is 0 Å². The molecule has 0 unspecified atom stereocenters. The minimum absolute atomic E-state index is 0.429. The second kappa shape index (κ2) is 7.99. The van der Waals surface area contributed by atoms with Crippen LogP contribution in [0.1, 0.15) is 0 Å². The minimum atomic E-state index is -0.812. The molecule has 0 atom stereocenters. The molecule has 0 N–H and O–H groups in total. The van der Waals surface area contributed by atoms with E-state index in [1.54, 1.807) is 34.0 Å². The third kappa shape index (κ3) is 15.4. The smallest absolute Gasteiger partial charge is 0.0962 e. The zero-order valence-electron chi connectivity index (χ0n) is 15.3. The van der Waals surface area contributed by atoms with Crippen LogP contribution in [-0.4, -0.2) is 38.4 Å². The maximum absolute atomic E-state index is 2.55. The molecule has 0 aromatic rings. The molecule has 0 radical (unpaired) electrons. The quantitative estimate of drug-likeness (QED) is 0.423. The highest BCUT2D eigenvalue weighted by atomic mass is 28.3. The zero-order valence-corrected chi connectivity index (χ0v) is 19.5. The van der Waals surface area contributed by atoms with Crippen molar-refractivity contribution >= 4 is 38.4 Å². The molecule has 0 amide bonds. The number of rotatable bonds is 9. The van der Waals surface area contributed by atoms with Crippen molar-refractivity contribution < 1.29 is 0 Å². The molecule has 0 aliphatic carbocycles. The van der Waals surface area contributed by atoms with Crippen molar-refractivity contribution in [3.05, 3.63) is 0 Å². The molecule has 0 aromatic heterocycles. The Bertz CT molecular complexity index is 203. The topological polar surface area (TPSA) is 0 Å². The van der Waals surface area contributed by atoms with Crippen molar-refractivity contribution in [1.82, 2.24) is 0 Å². The van der Waals surface area contributed by atoms with Crippen molar-refractivity contribution in [2.45, 2.75) is 92.9 Å². The van der Waals surface area contributed by atoms with E-state index in [1.807, 2.05) is 0 Å². The molecule has 0 aliphatic heterocycles. The van der Waals surface area contributed by atoms with E-state index in [9.17, 15) is 0 Å². The first-order valence-corrected chi connectivity index (χ1v) is 21.9. The van der Waals surface area contributed by atoms with Crippen LogP contribution < -0.4 is 0 Å². The van der Waals surface area contributed by atoms with Gasteiger partial charge in [-0.05, 0) is 0 Å². The first kappa shape index (κ1) is 20.2. The average molecular weight is 331 g/mol. The molecule has 19 heavy (non-hydrogen) atoms. The van der Waals surface area contributed by atoms with E-state index in [-0.39, 0.29) is 0 Å². The fraction of sp³-hybridized carbons (Fsp3) is 1.00. The summed E-state index contributed by atoms with van der Waals surface area (Å²) in [6.45, 7) is 23.0. The molecular weight excluding hydrogens is 291 g/mol. The highest BCUT2D eigenvalue weighted by Gasteiger charge is 2.26. The van der Waals surface area contributed by atoms with Crippen molar-refractivity contribution in [2.75, 3.05) is 0 Å². The lowest BCUT2D eigenvalue weighted by molar-refractivity contribution is 1.17. The predicted molar refractivity (Wildman–Crippen MR) is 105 cm³/mol. The third-order valence-electron chi connectivity index (χ3n) is 3.91. The lowest BCUT2D eigenvalue weighted by Gasteiger charge is -2.24. The van der Waals surface area contributed by atoms with Gasteiger partial charge in [0.25, 0.3) is 14.1 Å². The van der Waals surface area contributed by atoms with E-state index < -0.39 is 38.4 Å². The Morgan fingerprint density at radius 1 is 0.474 bits per heavy atom. The Labute approximate surface area is 131 Å². The average Bonchev–Trinajstić information content (AvgIpc) is 2.11. The normalized spacial score (nSPS) is 13.7. The van der Waals surface area contributed by atoms with E-state index >= 15 is 0 Å². The van der Waals surface area contributed by atoms with Gasteiger partial charge in [-0.2, -0.15) is 0 Å². The zero-order chi connectivity index (χ0) is 15.3. The second-order valence-electron chi connectivity index (χ2n) is 10.2. The summed E-state index contributed by atoms with van der Waals surface area (Å²) in [5.41, 5.74) is 0. The van der Waals surface area contributed by atoms with Crippen LogP contribution >= 0.6 is 0 Å². The van der Waals surface area contributed by atoms with Gasteiger partial charge in [-0.15, -0.1) is 0 Å². The van der Waals surface area contributed by atoms with Crippen LogP contribution in [0.5, 0.6) is 0 Å². The van der Waals surface area contributed by atoms with Gasteiger partial charge in [-0.1, -0.05) is 92.9 Å². The lowest BCUT2D eigenvalue weighted by atomic mass is 10.9. The molecule has 114 valence electrons. The first-order valence-electron chi connectivity index (χ1n) is 8.29. The lowest BCUT2D eigenvalue weighted by Crippen LogP contribution is -2.28. The fourth-order valence-corrected chi connectivity index (χ4v) is 18.5. The summed E-state index contributed by atoms with van der Waals surface area (Å²) in [5.74, 6) is 0. The van der Waals surface area contributed by atoms with Gasteiger partial charge in [-0.3, -0.25) is 0 Å². The van der Waals surface area contributed by atoms with Crippen LogP contribution in [0.2, 0.25) is 92.9 Å². The van der Waals surface area contributed by atoms with Gasteiger partial charge >= 0.3 is 0 Å². The molecule has 0 nitrogen and oxygen atoms in total. The van der Waals surface area contributed by atoms with Crippen LogP contribution in [0.4, 0.5) is 0 Å². The van der Waals surface area contributed by atoms with Crippen molar-refractivity contribution in [1.29, 1.82) is 0 Å². The Morgan fingerprint density at radius 2 is 0.684 bits per heavy atom. The standard InChI is InChI=1S/3C5H13Si.Al/c3*1-5-6(2,3)4;/h3*1,5H2,2-4H3;. The Kier molecular flexibility index (Phi) is 8.48. The van der Waals surface area contributed by atoms with Crippen molar-refractivity contribution in [2.24, 2.45) is 0 Å². The molecule has 0 fully saturated rings. The van der Waals surface area contributed by atoms with E-state index in [1.165, 1.54) is 0 Å². The van der Waals surface area contributed by atoms with E-state index in [2.05, 4.69) is 58.9 Å². The summed E-state index contributed by atoms with van der Waals surface area (Å²) in [7, 11) is -2.44. The van der Waals surface area contributed by atoms with Gasteiger partial charge < -0.3 is 0 Å². The third-order valence-corrected chi connectivity index (χ3v) is 14.3. The summed E-state index contributed by atoms with van der Waals surface area (Å²) in [4.78, 5) is 0. The second-order valence-corrected chi connectivity index (χ2v) is 30.5. The van der Waals surface area contributed by atoms with E-state index in [4.69, 9.17) is 0 Å². The summed E-state index contributed by atoms with van der Waals surface area (Å²) in [6, 6.07) is 4.80. The van der Waals surface area contributed by atoms with Gasteiger partial charge in [0.15, 0.2) is 0 Å². The molecule has 0 aromatic carbocycles. The van der Waals surface area contributed by atoms with Crippen molar-refractivity contribution in [3.63, 3.8) is 0 Å². The molecular formula is C15H39AlSi3. The Balaban J connectivity index is 4.30. The summed E-state index contributed by atoms with van der Waals surface area (Å²) >= 11 is -0.429. The van der Waals surface area contributed by atoms with Crippen LogP contribution in [0.3, 0.4) is 0 Å². The van der Waals surface area contributed by atoms with Gasteiger partial charge in [0.2, 0.25) is 0 Å². The van der Waals surface area contributed by atoms with Gasteiger partial charge in [-0.25, -0.2) is 0 Å². The molecule has 0 aliphatic rings. The SMILES string of the molecule is C[Si](C)(C)C[CH2][Al]([CH2]C[Si](C)(C)C)[CH2]C[Si](C)(C)C. The molecule has 0 spiro atoms. The highest BCUT2D eigenvalue weighted by molar-refractivity contribution is 6.80. The predicted octanol–water partition coefficient (Wildman–Crippen LogP) is 6.50. The van der Waals surface area contributed by atoms with Crippen LogP contribution in [0.15, 0.2) is 0 Å². The molecule has 4 heteroatoms. The monoisotopic (exact) mass is 330 g/mol. The minimum Gasteiger partial charge on any atom is -0.0962 e. The van der Waals surface area contributed by atoms with Gasteiger partial charge in [0, 0.05) is 24.2 Å². The number of hydrogen-bond acceptors (Lipinski definition) is 0. The summed E-state index contributed by atoms with van der Waals surface area (Å²) in [6.07, 6.45) is 0. The maximum atomic E-state index is 2.55. The van der Waals surface area contributed by atoms with Crippen molar-refractivity contribution in [3.8, 4) is 0 Å². The summed E-state index contributed by atoms with van der Waals surface area (Å²) < 4.78 is 0. The number of hydrogen-bond donors (Lipinski definition) is 0.